The fourth-order valence-electron chi connectivity index (χ4n) is 1.75. The molecule has 3 nitrogen and oxygen atoms in total. The smallest absolute Gasteiger partial charge is 0.161 e. The Balaban J connectivity index is 2.20. The Kier molecular flexibility index (Phi) is 5.84. The molecule has 1 aromatic rings. The number of nitrogens with one attached hydrogen (secondary N) is 1. The first-order valence-electron chi connectivity index (χ1n) is 6.31. The molecule has 3 N–H and O–H groups in total. The molecule has 0 aliphatic rings. The SMILES string of the molecule is CC(C)CCCCNCc1cccc(O)c1O. The first-order chi connectivity index (χ1) is 8.11. The van der Waals surface area contributed by atoms with E-state index >= 15 is 0 Å². The topological polar surface area (TPSA) is 52.5 Å². The van der Waals surface area contributed by atoms with Crippen molar-refractivity contribution in [1.29, 1.82) is 0 Å². The molecule has 0 saturated heterocycles. The van der Waals surface area contributed by atoms with Crippen LogP contribution in [0, 0.1) is 5.92 Å². The van der Waals surface area contributed by atoms with Crippen molar-refractivity contribution < 1.29 is 10.2 Å². The Morgan fingerprint density at radius 3 is 2.65 bits per heavy atom. The van der Waals surface area contributed by atoms with E-state index in [1.165, 1.54) is 18.9 Å². The quantitative estimate of drug-likeness (QED) is 0.504. The molecule has 0 fully saturated rings. The van der Waals surface area contributed by atoms with E-state index in [1.54, 1.807) is 6.07 Å². The summed E-state index contributed by atoms with van der Waals surface area (Å²) in [5.41, 5.74) is 0.744. The van der Waals surface area contributed by atoms with Gasteiger partial charge in [0.1, 0.15) is 0 Å². The molecule has 0 atom stereocenters. The Labute approximate surface area is 103 Å². The van der Waals surface area contributed by atoms with E-state index < -0.39 is 0 Å². The van der Waals surface area contributed by atoms with Crippen LogP contribution in [0.5, 0.6) is 11.5 Å². The molecule has 1 aromatic carbocycles. The van der Waals surface area contributed by atoms with Crippen molar-refractivity contribution in [1.82, 2.24) is 5.32 Å². The van der Waals surface area contributed by atoms with Gasteiger partial charge in [-0.05, 0) is 24.9 Å². The number of phenolic OH excluding ortho intramolecular Hbond substituents is 2. The lowest BCUT2D eigenvalue weighted by Crippen LogP contribution is -2.14. The molecule has 0 aliphatic carbocycles. The molecule has 1 rings (SSSR count). The highest BCUT2D eigenvalue weighted by Gasteiger charge is 2.04. The summed E-state index contributed by atoms with van der Waals surface area (Å²) in [6.07, 6.45) is 3.65. The predicted molar refractivity (Wildman–Crippen MR) is 70.2 cm³/mol. The summed E-state index contributed by atoms with van der Waals surface area (Å²) in [5, 5.41) is 22.2. The first-order valence-corrected chi connectivity index (χ1v) is 6.31. The number of para-hydroxylation sites is 1. The van der Waals surface area contributed by atoms with Crippen LogP contribution in [-0.4, -0.2) is 16.8 Å². The zero-order valence-electron chi connectivity index (χ0n) is 10.7. The second-order valence-corrected chi connectivity index (χ2v) is 4.85. The maximum atomic E-state index is 9.58. The molecule has 0 heterocycles. The van der Waals surface area contributed by atoms with Crippen LogP contribution in [0.1, 0.15) is 38.7 Å². The summed E-state index contributed by atoms with van der Waals surface area (Å²) in [7, 11) is 0. The number of phenols is 2. The van der Waals surface area contributed by atoms with Gasteiger partial charge in [0.2, 0.25) is 0 Å². The highest BCUT2D eigenvalue weighted by molar-refractivity contribution is 5.44. The van der Waals surface area contributed by atoms with E-state index in [4.69, 9.17) is 0 Å². The predicted octanol–water partition coefficient (Wildman–Crippen LogP) is 3.01. The maximum absolute atomic E-state index is 9.58. The molecule has 0 radical (unpaired) electrons. The van der Waals surface area contributed by atoms with Gasteiger partial charge in [-0.3, -0.25) is 0 Å². The standard InChI is InChI=1S/C14H23NO2/c1-11(2)6-3-4-9-15-10-12-7-5-8-13(16)14(12)17/h5,7-8,11,15-17H,3-4,6,9-10H2,1-2H3. The molecule has 0 aliphatic heterocycles. The van der Waals surface area contributed by atoms with Crippen LogP contribution >= 0.6 is 0 Å². The first kappa shape index (κ1) is 13.8. The van der Waals surface area contributed by atoms with Gasteiger partial charge in [0.05, 0.1) is 0 Å². The van der Waals surface area contributed by atoms with E-state index in [2.05, 4.69) is 19.2 Å². The van der Waals surface area contributed by atoms with Crippen molar-refractivity contribution >= 4 is 0 Å². The van der Waals surface area contributed by atoms with Crippen molar-refractivity contribution in [3.05, 3.63) is 23.8 Å². The van der Waals surface area contributed by atoms with Gasteiger partial charge in [-0.15, -0.1) is 0 Å². The number of hydrogen-bond donors (Lipinski definition) is 3. The van der Waals surface area contributed by atoms with Gasteiger partial charge < -0.3 is 15.5 Å². The lowest BCUT2D eigenvalue weighted by Gasteiger charge is -2.08. The third-order valence-corrected chi connectivity index (χ3v) is 2.80. The van der Waals surface area contributed by atoms with Crippen molar-refractivity contribution in [2.75, 3.05) is 6.54 Å². The van der Waals surface area contributed by atoms with Gasteiger partial charge >= 0.3 is 0 Å². The average Bonchev–Trinajstić information content (AvgIpc) is 2.28. The number of rotatable bonds is 7. The van der Waals surface area contributed by atoms with Gasteiger partial charge in [0.25, 0.3) is 0 Å². The summed E-state index contributed by atoms with van der Waals surface area (Å²) in [4.78, 5) is 0. The highest BCUT2D eigenvalue weighted by Crippen LogP contribution is 2.27. The van der Waals surface area contributed by atoms with Crippen LogP contribution < -0.4 is 5.32 Å². The molecule has 17 heavy (non-hydrogen) atoms. The summed E-state index contributed by atoms with van der Waals surface area (Å²) < 4.78 is 0. The second kappa shape index (κ2) is 7.17. The van der Waals surface area contributed by atoms with Gasteiger partial charge in [0, 0.05) is 12.1 Å². The molecule has 0 unspecified atom stereocenters. The van der Waals surface area contributed by atoms with E-state index in [0.717, 1.165) is 24.4 Å². The minimum Gasteiger partial charge on any atom is -0.504 e. The third kappa shape index (κ3) is 5.09. The number of unbranched alkanes of at least 4 members (excludes halogenated alkanes) is 1. The summed E-state index contributed by atoms with van der Waals surface area (Å²) in [6, 6.07) is 5.04. The van der Waals surface area contributed by atoms with Crippen molar-refractivity contribution in [2.45, 2.75) is 39.7 Å². The molecular formula is C14H23NO2. The van der Waals surface area contributed by atoms with Gasteiger partial charge in [-0.25, -0.2) is 0 Å². The molecule has 3 heteroatoms. The lowest BCUT2D eigenvalue weighted by atomic mass is 10.1. The van der Waals surface area contributed by atoms with E-state index in [1.807, 2.05) is 6.07 Å². The maximum Gasteiger partial charge on any atom is 0.161 e. The molecule has 0 bridgehead atoms. The largest absolute Gasteiger partial charge is 0.504 e. The Bertz CT molecular complexity index is 337. The summed E-state index contributed by atoms with van der Waals surface area (Å²) in [5.74, 6) is 0.705. The number of aromatic hydroxyl groups is 2. The molecule has 0 saturated carbocycles. The van der Waals surface area contributed by atoms with Crippen LogP contribution in [0.15, 0.2) is 18.2 Å². The van der Waals surface area contributed by atoms with Gasteiger partial charge in [0.15, 0.2) is 11.5 Å². The Hall–Kier alpha value is -1.22. The lowest BCUT2D eigenvalue weighted by molar-refractivity contribution is 0.397. The summed E-state index contributed by atoms with van der Waals surface area (Å²) >= 11 is 0. The van der Waals surface area contributed by atoms with Gasteiger partial charge in [-0.2, -0.15) is 0 Å². The van der Waals surface area contributed by atoms with Crippen molar-refractivity contribution in [2.24, 2.45) is 5.92 Å². The van der Waals surface area contributed by atoms with Crippen LogP contribution in [0.4, 0.5) is 0 Å². The fourth-order valence-corrected chi connectivity index (χ4v) is 1.75. The molecule has 0 amide bonds. The zero-order chi connectivity index (χ0) is 12.7. The fraction of sp³-hybridized carbons (Fsp3) is 0.571. The molecule has 0 spiro atoms. The second-order valence-electron chi connectivity index (χ2n) is 4.85. The van der Waals surface area contributed by atoms with Gasteiger partial charge in [-0.1, -0.05) is 38.8 Å². The molecule has 0 aromatic heterocycles. The number of hydrogen-bond acceptors (Lipinski definition) is 3. The van der Waals surface area contributed by atoms with Crippen molar-refractivity contribution in [3.8, 4) is 11.5 Å². The Morgan fingerprint density at radius 1 is 1.18 bits per heavy atom. The number of benzene rings is 1. The van der Waals surface area contributed by atoms with Crippen LogP contribution in [-0.2, 0) is 6.54 Å². The minimum absolute atomic E-state index is 0.0119. The average molecular weight is 237 g/mol. The molecular weight excluding hydrogens is 214 g/mol. The van der Waals surface area contributed by atoms with Crippen LogP contribution in [0.25, 0.3) is 0 Å². The Morgan fingerprint density at radius 2 is 1.94 bits per heavy atom. The van der Waals surface area contributed by atoms with Crippen molar-refractivity contribution in [3.63, 3.8) is 0 Å². The normalized spacial score (nSPS) is 11.0. The zero-order valence-corrected chi connectivity index (χ0v) is 10.7. The van der Waals surface area contributed by atoms with Crippen LogP contribution in [0.3, 0.4) is 0 Å². The minimum atomic E-state index is -0.0518. The van der Waals surface area contributed by atoms with E-state index in [0.29, 0.717) is 6.54 Å². The summed E-state index contributed by atoms with van der Waals surface area (Å²) in [6.45, 7) is 6.01. The monoisotopic (exact) mass is 237 g/mol. The van der Waals surface area contributed by atoms with E-state index in [9.17, 15) is 10.2 Å². The third-order valence-electron chi connectivity index (χ3n) is 2.80. The molecule has 96 valence electrons. The van der Waals surface area contributed by atoms with E-state index in [-0.39, 0.29) is 11.5 Å². The highest BCUT2D eigenvalue weighted by atomic mass is 16.3. The van der Waals surface area contributed by atoms with Crippen LogP contribution in [0.2, 0.25) is 0 Å².